The van der Waals surface area contributed by atoms with Crippen LogP contribution in [0.1, 0.15) is 82.9 Å². The van der Waals surface area contributed by atoms with Crippen molar-refractivity contribution in [3.05, 3.63) is 59.8 Å². The van der Waals surface area contributed by atoms with Gasteiger partial charge in [0.1, 0.15) is 35.3 Å². The molecule has 2 saturated carbocycles. The normalized spacial score (nSPS) is 26.4. The molecule has 0 spiro atoms. The molecule has 2 aliphatic heterocycles. The number of allylic oxidation sites excluding steroid dienone is 1. The summed E-state index contributed by atoms with van der Waals surface area (Å²) in [4.78, 5) is 53.3. The first-order chi connectivity index (χ1) is 25.8. The highest BCUT2D eigenvalue weighted by atomic mass is 32.2. The Labute approximate surface area is 316 Å². The summed E-state index contributed by atoms with van der Waals surface area (Å²) < 4.78 is 46.2. The van der Waals surface area contributed by atoms with Gasteiger partial charge in [-0.05, 0) is 82.6 Å². The largest absolute Gasteiger partial charge is 0.496 e. The number of ether oxygens (including phenoxy) is 3. The number of nitrogens with one attached hydrogen (secondary N) is 2. The number of carbonyl (C=O) groups excluding carboxylic acids is 3. The molecule has 288 valence electrons. The van der Waals surface area contributed by atoms with Crippen molar-refractivity contribution in [3.63, 3.8) is 0 Å². The molecule has 14 heteroatoms. The summed E-state index contributed by atoms with van der Waals surface area (Å²) in [6, 6.07) is 10.4. The van der Waals surface area contributed by atoms with Gasteiger partial charge in [0.25, 0.3) is 11.8 Å². The number of nitrogens with zero attached hydrogens (tertiary/aromatic N) is 3. The minimum absolute atomic E-state index is 0.0819. The Bertz CT molecular complexity index is 2100. The highest BCUT2D eigenvalue weighted by molar-refractivity contribution is 7.91. The number of methoxy groups -OCH3 is 1. The lowest BCUT2D eigenvalue weighted by Gasteiger charge is -2.28. The molecule has 0 radical (unpaired) electrons. The quantitative estimate of drug-likeness (QED) is 0.307. The molecular weight excluding hydrogens is 711 g/mol. The summed E-state index contributed by atoms with van der Waals surface area (Å²) >= 11 is 0. The van der Waals surface area contributed by atoms with Crippen LogP contribution in [0.2, 0.25) is 0 Å². The topological polar surface area (TPSA) is 166 Å². The number of sulfonamides is 1. The highest BCUT2D eigenvalue weighted by Gasteiger charge is 2.62. The average molecular weight is 760 g/mol. The van der Waals surface area contributed by atoms with E-state index < -0.39 is 56.8 Å². The SMILES string of the molecule is COc1ccc2c(OC3CC4C(=O)NC5(C(=O)NS(=O)(=O)C6CC6)CC5C=CCCCCOC(C)C(=O)N4C3)cc(-c3cccc(C(C)C)n3)nc2c1C. The summed E-state index contributed by atoms with van der Waals surface area (Å²) in [5.41, 5.74) is 2.24. The summed E-state index contributed by atoms with van der Waals surface area (Å²) in [5, 5.41) is 3.04. The van der Waals surface area contributed by atoms with Crippen LogP contribution in [0.3, 0.4) is 0 Å². The fraction of sp³-hybridized carbons (Fsp3) is 0.525. The molecule has 3 amide bonds. The summed E-state index contributed by atoms with van der Waals surface area (Å²) in [5.74, 6) is -0.680. The molecule has 2 N–H and O–H groups in total. The van der Waals surface area contributed by atoms with E-state index in [1.807, 2.05) is 55.5 Å². The molecule has 4 heterocycles. The summed E-state index contributed by atoms with van der Waals surface area (Å²) in [6.07, 6.45) is 6.01. The fourth-order valence-electron chi connectivity index (χ4n) is 7.46. The van der Waals surface area contributed by atoms with Crippen molar-refractivity contribution in [3.8, 4) is 22.9 Å². The number of rotatable bonds is 8. The number of aryl methyl sites for hydroxylation is 1. The van der Waals surface area contributed by atoms with Gasteiger partial charge >= 0.3 is 0 Å². The lowest BCUT2D eigenvalue weighted by atomic mass is 10.1. The number of hydrogen-bond acceptors (Lipinski definition) is 10. The zero-order valence-electron chi connectivity index (χ0n) is 31.5. The molecule has 13 nitrogen and oxygen atoms in total. The van der Waals surface area contributed by atoms with Gasteiger partial charge in [-0.25, -0.2) is 13.4 Å². The van der Waals surface area contributed by atoms with Gasteiger partial charge in [0, 0.05) is 41.7 Å². The molecule has 2 aromatic heterocycles. The Kier molecular flexibility index (Phi) is 10.4. The Morgan fingerprint density at radius 2 is 1.89 bits per heavy atom. The lowest BCUT2D eigenvalue weighted by molar-refractivity contribution is -0.147. The van der Waals surface area contributed by atoms with E-state index in [4.69, 9.17) is 24.2 Å². The van der Waals surface area contributed by atoms with Gasteiger partial charge in [-0.2, -0.15) is 0 Å². The van der Waals surface area contributed by atoms with Crippen LogP contribution in [0.4, 0.5) is 0 Å². The van der Waals surface area contributed by atoms with Gasteiger partial charge in [0.15, 0.2) is 0 Å². The molecule has 5 atom stereocenters. The van der Waals surface area contributed by atoms with Crippen LogP contribution in [-0.4, -0.2) is 90.3 Å². The van der Waals surface area contributed by atoms with E-state index in [0.717, 1.165) is 35.9 Å². The number of benzene rings is 1. The zero-order valence-corrected chi connectivity index (χ0v) is 32.3. The van der Waals surface area contributed by atoms with Crippen LogP contribution < -0.4 is 19.5 Å². The lowest BCUT2D eigenvalue weighted by Crippen LogP contribution is -2.57. The van der Waals surface area contributed by atoms with Crippen molar-refractivity contribution in [1.29, 1.82) is 0 Å². The number of carbonyl (C=O) groups is 3. The first kappa shape index (κ1) is 37.7. The van der Waals surface area contributed by atoms with Crippen LogP contribution in [-0.2, 0) is 29.1 Å². The van der Waals surface area contributed by atoms with E-state index in [2.05, 4.69) is 23.9 Å². The predicted molar refractivity (Wildman–Crippen MR) is 202 cm³/mol. The van der Waals surface area contributed by atoms with Gasteiger partial charge in [0.05, 0.1) is 35.8 Å². The number of pyridine rings is 2. The molecule has 1 aromatic carbocycles. The number of hydrogen-bond donors (Lipinski definition) is 2. The van der Waals surface area contributed by atoms with E-state index in [1.54, 1.807) is 14.0 Å². The van der Waals surface area contributed by atoms with E-state index in [0.29, 0.717) is 47.9 Å². The molecule has 7 rings (SSSR count). The maximum Gasteiger partial charge on any atom is 0.259 e. The van der Waals surface area contributed by atoms with E-state index in [-0.39, 0.29) is 31.2 Å². The third-order valence-corrected chi connectivity index (χ3v) is 12.8. The summed E-state index contributed by atoms with van der Waals surface area (Å²) in [6.45, 7) is 8.22. The average Bonchev–Trinajstić information content (AvgIpc) is 4.08. The van der Waals surface area contributed by atoms with Gasteiger partial charge in [-0.3, -0.25) is 24.1 Å². The third kappa shape index (κ3) is 7.55. The zero-order chi connectivity index (χ0) is 38.4. The van der Waals surface area contributed by atoms with Gasteiger partial charge in [-0.1, -0.05) is 32.1 Å². The molecule has 3 aromatic rings. The second-order valence-corrected chi connectivity index (χ2v) is 17.2. The van der Waals surface area contributed by atoms with Crippen LogP contribution in [0.25, 0.3) is 22.3 Å². The Hall–Kier alpha value is -4.56. The second-order valence-electron chi connectivity index (χ2n) is 15.3. The minimum Gasteiger partial charge on any atom is -0.496 e. The molecule has 54 heavy (non-hydrogen) atoms. The molecular formula is C40H49N5O8S. The standard InChI is InChI=1S/C40H49N5O8S/c1-23(2)30-12-10-13-31(41-30)32-20-35(29-16-17-34(51-5)24(3)36(29)42-32)53-27-19-33-37(46)43-40(39(48)44-54(49,50)28-14-15-28)21-26(40)11-8-6-7-9-18-52-25(4)38(47)45(33)22-27/h8,10-13,16-17,20,23,25-28,33H,6-7,9,14-15,18-19,21-22H2,1-5H3,(H,43,46)(H,44,48). The molecule has 0 bridgehead atoms. The Morgan fingerprint density at radius 1 is 1.09 bits per heavy atom. The van der Waals surface area contributed by atoms with E-state index in [1.165, 1.54) is 4.90 Å². The van der Waals surface area contributed by atoms with Crippen molar-refractivity contribution in [2.45, 2.75) is 108 Å². The molecule has 3 fully saturated rings. The van der Waals surface area contributed by atoms with Gasteiger partial charge in [0.2, 0.25) is 15.9 Å². The van der Waals surface area contributed by atoms with Crippen molar-refractivity contribution < 1.29 is 37.0 Å². The predicted octanol–water partition coefficient (Wildman–Crippen LogP) is 4.71. The Balaban J connectivity index is 1.22. The van der Waals surface area contributed by atoms with Crippen LogP contribution in [0.5, 0.6) is 11.5 Å². The smallest absolute Gasteiger partial charge is 0.259 e. The molecule has 4 aliphatic rings. The maximum absolute atomic E-state index is 14.3. The fourth-order valence-corrected chi connectivity index (χ4v) is 8.82. The van der Waals surface area contributed by atoms with Crippen molar-refractivity contribution in [2.75, 3.05) is 20.3 Å². The molecule has 1 saturated heterocycles. The monoisotopic (exact) mass is 759 g/mol. The Morgan fingerprint density at radius 3 is 2.63 bits per heavy atom. The maximum atomic E-state index is 14.3. The van der Waals surface area contributed by atoms with Crippen molar-refractivity contribution >= 4 is 38.6 Å². The third-order valence-electron chi connectivity index (χ3n) is 10.9. The highest BCUT2D eigenvalue weighted by Crippen LogP contribution is 2.46. The minimum atomic E-state index is -3.86. The first-order valence-corrected chi connectivity index (χ1v) is 20.4. The number of amides is 3. The van der Waals surface area contributed by atoms with Crippen LogP contribution in [0.15, 0.2) is 48.6 Å². The van der Waals surface area contributed by atoms with Crippen LogP contribution >= 0.6 is 0 Å². The van der Waals surface area contributed by atoms with E-state index in [9.17, 15) is 22.8 Å². The van der Waals surface area contributed by atoms with Crippen molar-refractivity contribution in [1.82, 2.24) is 24.9 Å². The molecule has 5 unspecified atom stereocenters. The van der Waals surface area contributed by atoms with Gasteiger partial charge in [-0.15, -0.1) is 0 Å². The second kappa shape index (κ2) is 14.9. The van der Waals surface area contributed by atoms with Crippen molar-refractivity contribution in [2.24, 2.45) is 5.92 Å². The molecule has 2 aliphatic carbocycles. The van der Waals surface area contributed by atoms with E-state index >= 15 is 0 Å². The number of aromatic nitrogens is 2. The van der Waals surface area contributed by atoms with Gasteiger partial charge < -0.3 is 24.4 Å². The summed E-state index contributed by atoms with van der Waals surface area (Å²) in [7, 11) is -2.25. The number of fused-ring (bicyclic) bond motifs is 3. The first-order valence-electron chi connectivity index (χ1n) is 18.9. The van der Waals surface area contributed by atoms with Crippen LogP contribution in [0, 0.1) is 12.8 Å².